The standard InChI is InChI=1S/C18H18ClNO6S/c1-2-27(23,24)25-11-16-14-9-12(19)7-8-18(14)26-17-6-4-3-5-13(17)15(16)10-20(21)22/h3-9,15-16H,2,10-11H2,1H3/t15-,16-/m1/s1. The summed E-state index contributed by atoms with van der Waals surface area (Å²) in [5.74, 6) is -0.472. The lowest BCUT2D eigenvalue weighted by molar-refractivity contribution is -0.484. The molecule has 1 aliphatic rings. The molecule has 0 N–H and O–H groups in total. The van der Waals surface area contributed by atoms with Gasteiger partial charge in [-0.25, -0.2) is 0 Å². The third-order valence-corrected chi connectivity index (χ3v) is 5.96. The Bertz CT molecular complexity index is 962. The van der Waals surface area contributed by atoms with Crippen molar-refractivity contribution in [2.24, 2.45) is 0 Å². The number of hydrogen-bond acceptors (Lipinski definition) is 6. The summed E-state index contributed by atoms with van der Waals surface area (Å²) in [4.78, 5) is 10.9. The van der Waals surface area contributed by atoms with Crippen LogP contribution in [0, 0.1) is 10.1 Å². The van der Waals surface area contributed by atoms with Gasteiger partial charge in [-0.3, -0.25) is 14.3 Å². The summed E-state index contributed by atoms with van der Waals surface area (Å²) in [6.07, 6.45) is 0. The van der Waals surface area contributed by atoms with Crippen LogP contribution in [0.25, 0.3) is 0 Å². The van der Waals surface area contributed by atoms with E-state index in [4.69, 9.17) is 20.5 Å². The molecule has 144 valence electrons. The Morgan fingerprint density at radius 1 is 1.15 bits per heavy atom. The van der Waals surface area contributed by atoms with Crippen LogP contribution in [0.15, 0.2) is 42.5 Å². The zero-order valence-electron chi connectivity index (χ0n) is 14.5. The Morgan fingerprint density at radius 2 is 1.85 bits per heavy atom. The van der Waals surface area contributed by atoms with Crippen LogP contribution in [0.5, 0.6) is 11.5 Å². The number of para-hydroxylation sites is 1. The molecule has 27 heavy (non-hydrogen) atoms. The van der Waals surface area contributed by atoms with Crippen molar-refractivity contribution in [2.45, 2.75) is 18.8 Å². The van der Waals surface area contributed by atoms with Gasteiger partial charge in [-0.05, 0) is 31.2 Å². The Labute approximate surface area is 162 Å². The highest BCUT2D eigenvalue weighted by molar-refractivity contribution is 7.86. The monoisotopic (exact) mass is 411 g/mol. The molecule has 0 spiro atoms. The van der Waals surface area contributed by atoms with Crippen LogP contribution >= 0.6 is 11.6 Å². The third kappa shape index (κ3) is 4.40. The Morgan fingerprint density at radius 3 is 2.56 bits per heavy atom. The highest BCUT2D eigenvalue weighted by Crippen LogP contribution is 2.47. The van der Waals surface area contributed by atoms with Crippen molar-refractivity contribution < 1.29 is 22.3 Å². The number of halogens is 1. The van der Waals surface area contributed by atoms with Gasteiger partial charge in [0, 0.05) is 27.0 Å². The minimum Gasteiger partial charge on any atom is -0.457 e. The molecule has 0 saturated carbocycles. The van der Waals surface area contributed by atoms with E-state index in [1.165, 1.54) is 6.92 Å². The minimum atomic E-state index is -3.72. The number of ether oxygens (including phenoxy) is 1. The minimum absolute atomic E-state index is 0.185. The van der Waals surface area contributed by atoms with Crippen LogP contribution in [0.3, 0.4) is 0 Å². The van der Waals surface area contributed by atoms with Crippen LogP contribution in [0.4, 0.5) is 0 Å². The van der Waals surface area contributed by atoms with Gasteiger partial charge in [-0.15, -0.1) is 0 Å². The van der Waals surface area contributed by atoms with Crippen LogP contribution in [-0.2, 0) is 14.3 Å². The van der Waals surface area contributed by atoms with E-state index in [1.54, 1.807) is 42.5 Å². The van der Waals surface area contributed by atoms with Gasteiger partial charge in [0.15, 0.2) is 0 Å². The Balaban J connectivity index is 2.14. The highest BCUT2D eigenvalue weighted by Gasteiger charge is 2.37. The fraction of sp³-hybridized carbons (Fsp3) is 0.333. The van der Waals surface area contributed by atoms with E-state index in [1.807, 2.05) is 0 Å². The molecule has 2 aromatic carbocycles. The third-order valence-electron chi connectivity index (χ3n) is 4.52. The first-order valence-corrected chi connectivity index (χ1v) is 10.3. The Kier molecular flexibility index (Phi) is 5.69. The van der Waals surface area contributed by atoms with Crippen LogP contribution in [0.1, 0.15) is 29.9 Å². The second kappa shape index (κ2) is 7.84. The van der Waals surface area contributed by atoms with Crippen LogP contribution in [0.2, 0.25) is 5.02 Å². The van der Waals surface area contributed by atoms with Crippen molar-refractivity contribution in [1.82, 2.24) is 0 Å². The van der Waals surface area contributed by atoms with Crippen molar-refractivity contribution in [1.29, 1.82) is 0 Å². The van der Waals surface area contributed by atoms with Crippen LogP contribution in [-0.4, -0.2) is 32.2 Å². The summed E-state index contributed by atoms with van der Waals surface area (Å²) in [7, 11) is -3.72. The molecule has 2 aromatic rings. The van der Waals surface area contributed by atoms with Gasteiger partial charge >= 0.3 is 0 Å². The molecule has 0 amide bonds. The van der Waals surface area contributed by atoms with Gasteiger partial charge < -0.3 is 4.74 Å². The molecule has 2 atom stereocenters. The van der Waals surface area contributed by atoms with Gasteiger partial charge in [0.25, 0.3) is 10.1 Å². The molecule has 0 fully saturated rings. The lowest BCUT2D eigenvalue weighted by Crippen LogP contribution is -2.24. The van der Waals surface area contributed by atoms with Gasteiger partial charge in [-0.1, -0.05) is 29.8 Å². The first kappa shape index (κ1) is 19.6. The van der Waals surface area contributed by atoms with Crippen molar-refractivity contribution in [3.05, 3.63) is 68.7 Å². The number of nitrogens with zero attached hydrogens (tertiary/aromatic N) is 1. The average Bonchev–Trinajstić information content (AvgIpc) is 2.74. The summed E-state index contributed by atoms with van der Waals surface area (Å²) in [6.45, 7) is 0.840. The van der Waals surface area contributed by atoms with Crippen molar-refractivity contribution >= 4 is 21.7 Å². The summed E-state index contributed by atoms with van der Waals surface area (Å²) in [5.41, 5.74) is 1.21. The van der Waals surface area contributed by atoms with E-state index < -0.39 is 33.4 Å². The fourth-order valence-corrected chi connectivity index (χ4v) is 3.89. The first-order valence-electron chi connectivity index (χ1n) is 8.36. The average molecular weight is 412 g/mol. The lowest BCUT2D eigenvalue weighted by atomic mass is 9.82. The fourth-order valence-electron chi connectivity index (χ4n) is 3.19. The number of hydrogen-bond donors (Lipinski definition) is 0. The largest absolute Gasteiger partial charge is 0.457 e. The molecule has 7 nitrogen and oxygen atoms in total. The molecule has 0 aliphatic carbocycles. The van der Waals surface area contributed by atoms with Gasteiger partial charge in [0.2, 0.25) is 6.54 Å². The smallest absolute Gasteiger partial charge is 0.267 e. The molecule has 0 unspecified atom stereocenters. The second-order valence-corrected chi connectivity index (χ2v) is 8.55. The van der Waals surface area contributed by atoms with Crippen molar-refractivity contribution in [3.8, 4) is 11.5 Å². The number of rotatable bonds is 6. The molecule has 1 aliphatic heterocycles. The molecule has 0 radical (unpaired) electrons. The number of benzene rings is 2. The maximum atomic E-state index is 11.9. The molecule has 3 rings (SSSR count). The van der Waals surface area contributed by atoms with E-state index >= 15 is 0 Å². The first-order chi connectivity index (χ1) is 12.8. The molecule has 0 bridgehead atoms. The van der Waals surface area contributed by atoms with Crippen molar-refractivity contribution in [2.75, 3.05) is 18.9 Å². The maximum absolute atomic E-state index is 11.9. The molecular formula is C18H18ClNO6S. The summed E-state index contributed by atoms with van der Waals surface area (Å²) in [6, 6.07) is 12.0. The number of nitro groups is 1. The zero-order valence-corrected chi connectivity index (χ0v) is 16.1. The van der Waals surface area contributed by atoms with E-state index in [0.717, 1.165) is 0 Å². The second-order valence-electron chi connectivity index (χ2n) is 6.18. The topological polar surface area (TPSA) is 95.7 Å². The highest BCUT2D eigenvalue weighted by atomic mass is 35.5. The Hall–Kier alpha value is -2.16. The summed E-state index contributed by atoms with van der Waals surface area (Å²) < 4.78 is 34.9. The molecule has 0 saturated heterocycles. The molecule has 9 heteroatoms. The normalized spacial score (nSPS) is 18.7. The predicted molar refractivity (Wildman–Crippen MR) is 101 cm³/mol. The van der Waals surface area contributed by atoms with E-state index in [9.17, 15) is 18.5 Å². The molecule has 1 heterocycles. The lowest BCUT2D eigenvalue weighted by Gasteiger charge is -2.23. The van der Waals surface area contributed by atoms with Crippen molar-refractivity contribution in [3.63, 3.8) is 0 Å². The predicted octanol–water partition coefficient (Wildman–Crippen LogP) is 3.96. The number of fused-ring (bicyclic) bond motifs is 2. The quantitative estimate of drug-likeness (QED) is 0.405. The van der Waals surface area contributed by atoms with E-state index in [0.29, 0.717) is 27.6 Å². The van der Waals surface area contributed by atoms with Gasteiger partial charge in [0.05, 0.1) is 18.3 Å². The van der Waals surface area contributed by atoms with E-state index in [-0.39, 0.29) is 12.4 Å². The van der Waals surface area contributed by atoms with Gasteiger partial charge in [0.1, 0.15) is 11.5 Å². The summed E-state index contributed by atoms with van der Waals surface area (Å²) >= 11 is 6.13. The van der Waals surface area contributed by atoms with E-state index in [2.05, 4.69) is 0 Å². The molecule has 0 aromatic heterocycles. The SMILES string of the molecule is CCS(=O)(=O)OC[C@@H]1c2cc(Cl)ccc2Oc2ccccc2[C@H]1C[N+](=O)[O-]. The van der Waals surface area contributed by atoms with Gasteiger partial charge in [-0.2, -0.15) is 8.42 Å². The molecular weight excluding hydrogens is 394 g/mol. The zero-order chi connectivity index (χ0) is 19.6. The van der Waals surface area contributed by atoms with Crippen LogP contribution < -0.4 is 4.74 Å². The summed E-state index contributed by atoms with van der Waals surface area (Å²) in [5, 5.41) is 11.8. The maximum Gasteiger partial charge on any atom is 0.267 e.